The third-order valence-electron chi connectivity index (χ3n) is 4.21. The fourth-order valence-electron chi connectivity index (χ4n) is 3.10. The summed E-state index contributed by atoms with van der Waals surface area (Å²) >= 11 is 0. The van der Waals surface area contributed by atoms with Gasteiger partial charge in [0, 0.05) is 12.6 Å². The first-order chi connectivity index (χ1) is 7.25. The zero-order valence-corrected chi connectivity index (χ0v) is 9.99. The third-order valence-corrected chi connectivity index (χ3v) is 4.21. The van der Waals surface area contributed by atoms with Gasteiger partial charge in [0.05, 0.1) is 6.10 Å². The number of aliphatic hydroxyl groups excluding tert-OH is 1. The van der Waals surface area contributed by atoms with Crippen LogP contribution in [0.3, 0.4) is 0 Å². The first kappa shape index (κ1) is 11.4. The van der Waals surface area contributed by atoms with Crippen molar-refractivity contribution in [3.8, 4) is 0 Å². The Morgan fingerprint density at radius 2 is 1.67 bits per heavy atom. The van der Waals surface area contributed by atoms with Crippen LogP contribution in [0.2, 0.25) is 0 Å². The van der Waals surface area contributed by atoms with Crippen LogP contribution in [0.15, 0.2) is 0 Å². The lowest BCUT2D eigenvalue weighted by atomic mass is 9.82. The van der Waals surface area contributed by atoms with Crippen LogP contribution in [0, 0.1) is 5.92 Å². The van der Waals surface area contributed by atoms with Crippen molar-refractivity contribution in [1.82, 2.24) is 4.90 Å². The maximum atomic E-state index is 9.27. The summed E-state index contributed by atoms with van der Waals surface area (Å²) in [5, 5.41) is 9.27. The van der Waals surface area contributed by atoms with E-state index in [4.69, 9.17) is 0 Å². The van der Waals surface area contributed by atoms with Crippen LogP contribution in [0.1, 0.15) is 51.4 Å². The summed E-state index contributed by atoms with van der Waals surface area (Å²) < 4.78 is 0. The smallest absolute Gasteiger partial charge is 0.0546 e. The van der Waals surface area contributed by atoms with E-state index in [0.717, 1.165) is 24.8 Å². The Balaban J connectivity index is 1.71. The molecule has 15 heavy (non-hydrogen) atoms. The van der Waals surface area contributed by atoms with Gasteiger partial charge < -0.3 is 10.0 Å². The van der Waals surface area contributed by atoms with Crippen molar-refractivity contribution >= 4 is 0 Å². The van der Waals surface area contributed by atoms with Gasteiger partial charge in [-0.1, -0.05) is 25.7 Å². The molecule has 0 aromatic heterocycles. The zero-order valence-electron chi connectivity index (χ0n) is 9.99. The van der Waals surface area contributed by atoms with Crippen molar-refractivity contribution in [2.45, 2.75) is 63.5 Å². The SMILES string of the molecule is CN(CC1CC(O)C1)C1CCCCCC1. The molecular weight excluding hydrogens is 186 g/mol. The van der Waals surface area contributed by atoms with Crippen molar-refractivity contribution in [2.24, 2.45) is 5.92 Å². The second-order valence-electron chi connectivity index (χ2n) is 5.58. The first-order valence-corrected chi connectivity index (χ1v) is 6.64. The number of rotatable bonds is 3. The molecule has 0 amide bonds. The van der Waals surface area contributed by atoms with Crippen LogP contribution in [0.5, 0.6) is 0 Å². The lowest BCUT2D eigenvalue weighted by Crippen LogP contribution is -2.41. The third kappa shape index (κ3) is 3.18. The standard InChI is InChI=1S/C13H25NO/c1-14(10-11-8-13(15)9-11)12-6-4-2-3-5-7-12/h11-13,15H,2-10H2,1H3. The van der Waals surface area contributed by atoms with Gasteiger partial charge in [-0.05, 0) is 38.6 Å². The Morgan fingerprint density at radius 1 is 1.07 bits per heavy atom. The van der Waals surface area contributed by atoms with E-state index in [1.165, 1.54) is 45.1 Å². The molecular formula is C13H25NO. The lowest BCUT2D eigenvalue weighted by molar-refractivity contribution is 0.0208. The first-order valence-electron chi connectivity index (χ1n) is 6.64. The Bertz CT molecular complexity index is 181. The summed E-state index contributed by atoms with van der Waals surface area (Å²) in [5.41, 5.74) is 0. The molecule has 0 heterocycles. The van der Waals surface area contributed by atoms with E-state index in [2.05, 4.69) is 11.9 Å². The molecule has 2 rings (SSSR count). The van der Waals surface area contributed by atoms with Crippen molar-refractivity contribution in [2.75, 3.05) is 13.6 Å². The van der Waals surface area contributed by atoms with Gasteiger partial charge in [0.2, 0.25) is 0 Å². The normalized spacial score (nSPS) is 33.8. The van der Waals surface area contributed by atoms with Crippen molar-refractivity contribution < 1.29 is 5.11 Å². The summed E-state index contributed by atoms with van der Waals surface area (Å²) in [6, 6.07) is 0.824. The Hall–Kier alpha value is -0.0800. The van der Waals surface area contributed by atoms with E-state index in [1.54, 1.807) is 0 Å². The van der Waals surface area contributed by atoms with Gasteiger partial charge in [-0.15, -0.1) is 0 Å². The molecule has 0 spiro atoms. The highest BCUT2D eigenvalue weighted by Crippen LogP contribution is 2.29. The predicted molar refractivity (Wildman–Crippen MR) is 62.9 cm³/mol. The molecule has 0 aromatic carbocycles. The molecule has 1 N–H and O–H groups in total. The summed E-state index contributed by atoms with van der Waals surface area (Å²) in [6.45, 7) is 1.21. The molecule has 0 aromatic rings. The second kappa shape index (κ2) is 5.31. The quantitative estimate of drug-likeness (QED) is 0.725. The van der Waals surface area contributed by atoms with Gasteiger partial charge in [-0.3, -0.25) is 0 Å². The minimum absolute atomic E-state index is 0.0116. The molecule has 0 aliphatic heterocycles. The maximum absolute atomic E-state index is 9.27. The van der Waals surface area contributed by atoms with E-state index < -0.39 is 0 Å². The molecule has 0 saturated heterocycles. The Labute approximate surface area is 93.7 Å². The van der Waals surface area contributed by atoms with Crippen LogP contribution in [-0.2, 0) is 0 Å². The molecule has 0 radical (unpaired) electrons. The minimum Gasteiger partial charge on any atom is -0.393 e. The van der Waals surface area contributed by atoms with Crippen molar-refractivity contribution in [3.63, 3.8) is 0 Å². The van der Waals surface area contributed by atoms with Gasteiger partial charge in [-0.2, -0.15) is 0 Å². The highest BCUT2D eigenvalue weighted by Gasteiger charge is 2.29. The molecule has 0 unspecified atom stereocenters. The number of hydrogen-bond donors (Lipinski definition) is 1. The molecule has 2 aliphatic rings. The fraction of sp³-hybridized carbons (Fsp3) is 1.00. The molecule has 2 aliphatic carbocycles. The average molecular weight is 211 g/mol. The number of hydrogen-bond acceptors (Lipinski definition) is 2. The zero-order chi connectivity index (χ0) is 10.7. The molecule has 2 fully saturated rings. The predicted octanol–water partition coefficient (Wildman–Crippen LogP) is 2.41. The van der Waals surface area contributed by atoms with Gasteiger partial charge in [-0.25, -0.2) is 0 Å². The van der Waals surface area contributed by atoms with Gasteiger partial charge in [0.25, 0.3) is 0 Å². The molecule has 2 heteroatoms. The van der Waals surface area contributed by atoms with Crippen molar-refractivity contribution in [1.29, 1.82) is 0 Å². The summed E-state index contributed by atoms with van der Waals surface area (Å²) in [5.74, 6) is 0.772. The monoisotopic (exact) mass is 211 g/mol. The Kier molecular flexibility index (Phi) is 4.04. The van der Waals surface area contributed by atoms with E-state index in [9.17, 15) is 5.11 Å². The maximum Gasteiger partial charge on any atom is 0.0546 e. The van der Waals surface area contributed by atoms with Crippen LogP contribution in [0.25, 0.3) is 0 Å². The second-order valence-corrected chi connectivity index (χ2v) is 5.58. The van der Waals surface area contributed by atoms with Crippen molar-refractivity contribution in [3.05, 3.63) is 0 Å². The molecule has 0 bridgehead atoms. The summed E-state index contributed by atoms with van der Waals surface area (Å²) in [7, 11) is 2.28. The van der Waals surface area contributed by atoms with Crippen LogP contribution in [0.4, 0.5) is 0 Å². The minimum atomic E-state index is 0.0116. The number of nitrogens with zero attached hydrogens (tertiary/aromatic N) is 1. The largest absolute Gasteiger partial charge is 0.393 e. The Morgan fingerprint density at radius 3 is 2.20 bits per heavy atom. The van der Waals surface area contributed by atoms with Crippen LogP contribution >= 0.6 is 0 Å². The van der Waals surface area contributed by atoms with Crippen LogP contribution < -0.4 is 0 Å². The summed E-state index contributed by atoms with van der Waals surface area (Å²) in [6.07, 6.45) is 10.6. The summed E-state index contributed by atoms with van der Waals surface area (Å²) in [4.78, 5) is 2.56. The number of aliphatic hydroxyl groups is 1. The highest BCUT2D eigenvalue weighted by atomic mass is 16.3. The fourth-order valence-corrected chi connectivity index (χ4v) is 3.10. The van der Waals surface area contributed by atoms with Gasteiger partial charge in [0.15, 0.2) is 0 Å². The highest BCUT2D eigenvalue weighted by molar-refractivity contribution is 4.83. The van der Waals surface area contributed by atoms with E-state index in [0.29, 0.717) is 0 Å². The lowest BCUT2D eigenvalue weighted by Gasteiger charge is -2.37. The molecule has 2 saturated carbocycles. The van der Waals surface area contributed by atoms with Gasteiger partial charge in [0.1, 0.15) is 0 Å². The average Bonchev–Trinajstić information content (AvgIpc) is 2.43. The molecule has 2 nitrogen and oxygen atoms in total. The van der Waals surface area contributed by atoms with Gasteiger partial charge >= 0.3 is 0 Å². The molecule has 0 atom stereocenters. The molecule has 88 valence electrons. The van der Waals surface area contributed by atoms with E-state index in [-0.39, 0.29) is 6.10 Å². The van der Waals surface area contributed by atoms with E-state index in [1.807, 2.05) is 0 Å². The van der Waals surface area contributed by atoms with Crippen LogP contribution in [-0.4, -0.2) is 35.7 Å². The van der Waals surface area contributed by atoms with E-state index >= 15 is 0 Å². The topological polar surface area (TPSA) is 23.5 Å².